The number of methoxy groups -OCH3 is 2. The van der Waals surface area contributed by atoms with Crippen molar-refractivity contribution in [3.8, 4) is 0 Å². The van der Waals surface area contributed by atoms with Gasteiger partial charge in [-0.25, -0.2) is 4.79 Å². The Morgan fingerprint density at radius 3 is 2.17 bits per heavy atom. The van der Waals surface area contributed by atoms with Crippen molar-refractivity contribution in [3.05, 3.63) is 11.6 Å². The molecule has 298 valence electrons. The molecule has 0 bridgehead atoms. The van der Waals surface area contributed by atoms with Gasteiger partial charge in [-0.2, -0.15) is 0 Å². The number of rotatable bonds is 7. The number of carbonyl (C=O) groups is 3. The van der Waals surface area contributed by atoms with E-state index in [0.717, 1.165) is 0 Å². The molecule has 16 atom stereocenters. The molecule has 1 amide bonds. The Hall–Kier alpha value is -2.17. The molecule has 4 rings (SSSR count). The molecule has 3 fully saturated rings. The van der Waals surface area contributed by atoms with Crippen LogP contribution in [0.4, 0.5) is 4.79 Å². The summed E-state index contributed by atoms with van der Waals surface area (Å²) in [6.07, 6.45) is -5.35. The summed E-state index contributed by atoms with van der Waals surface area (Å²) in [5, 5.41) is 22.5. The molecule has 2 N–H and O–H groups in total. The number of hydrogen-bond acceptors (Lipinski definition) is 13. The van der Waals surface area contributed by atoms with Crippen molar-refractivity contribution in [2.24, 2.45) is 17.8 Å². The largest absolute Gasteiger partial charge is 0.459 e. The number of hydrogen-bond donors (Lipinski definition) is 2. The second-order valence-corrected chi connectivity index (χ2v) is 16.2. The molecule has 14 heteroatoms. The van der Waals surface area contributed by atoms with E-state index in [4.69, 9.17) is 37.9 Å². The lowest BCUT2D eigenvalue weighted by atomic mass is 9.76. The summed E-state index contributed by atoms with van der Waals surface area (Å²) in [6.45, 7) is 17.5. The van der Waals surface area contributed by atoms with E-state index < -0.39 is 95.8 Å². The van der Waals surface area contributed by atoms with Crippen molar-refractivity contribution in [2.45, 2.75) is 173 Å². The van der Waals surface area contributed by atoms with Crippen LogP contribution in [-0.2, 0) is 47.5 Å². The number of aliphatic hydroxyl groups excluding tert-OH is 1. The quantitative estimate of drug-likeness (QED) is 0.361. The number of amides is 1. The minimum atomic E-state index is -1.65. The average Bonchev–Trinajstić information content (AvgIpc) is 3.37. The molecular formula is C38H63NO13. The molecule has 4 aliphatic rings. The fourth-order valence-electron chi connectivity index (χ4n) is 8.59. The first kappa shape index (κ1) is 42.6. The molecule has 0 spiro atoms. The average molecular weight is 742 g/mol. The van der Waals surface area contributed by atoms with E-state index in [1.54, 1.807) is 53.5 Å². The molecule has 4 aliphatic heterocycles. The summed E-state index contributed by atoms with van der Waals surface area (Å²) in [4.78, 5) is 42.3. The van der Waals surface area contributed by atoms with E-state index in [9.17, 15) is 24.6 Å². The third-order valence-corrected chi connectivity index (χ3v) is 11.9. The number of nitrogens with zero attached hydrogens (tertiary/aromatic N) is 1. The van der Waals surface area contributed by atoms with Gasteiger partial charge in [0.25, 0.3) is 0 Å². The first-order valence-corrected chi connectivity index (χ1v) is 18.6. The first-order chi connectivity index (χ1) is 24.1. The minimum absolute atomic E-state index is 0.143. The summed E-state index contributed by atoms with van der Waals surface area (Å²) < 4.78 is 50.0. The van der Waals surface area contributed by atoms with Gasteiger partial charge < -0.3 is 53.0 Å². The fraction of sp³-hybridized carbons (Fsp3) is 0.868. The SMILES string of the molecule is CC[C@H]1OC(=O)[C@H](C)[C@@H](O[C@H]2C[C@@](C)(OC)[C@@H](O)[C@H](C)O2)[C@H](C)[C@@H](O[C@@H]2O[C@H](C)C[C@H]3[C@H]2OC(=O)N3C)[C@](C)(OC)C[C@@H](C)C(=O)/C(C)=C/[C@]1(C)O. The molecule has 0 aromatic heterocycles. The fourth-order valence-corrected chi connectivity index (χ4v) is 8.59. The van der Waals surface area contributed by atoms with Gasteiger partial charge in [0.1, 0.15) is 17.8 Å². The third kappa shape index (κ3) is 8.54. The number of carbonyl (C=O) groups excluding carboxylic acids is 3. The Morgan fingerprint density at radius 2 is 1.58 bits per heavy atom. The molecule has 0 aromatic carbocycles. The maximum Gasteiger partial charge on any atom is 0.410 e. The Bertz CT molecular complexity index is 1320. The molecule has 0 saturated carbocycles. The number of aliphatic hydroxyl groups is 2. The molecular weight excluding hydrogens is 678 g/mol. The number of ketones is 1. The van der Waals surface area contributed by atoms with Crippen LogP contribution >= 0.6 is 0 Å². The predicted molar refractivity (Wildman–Crippen MR) is 188 cm³/mol. The molecule has 3 saturated heterocycles. The predicted octanol–water partition coefficient (Wildman–Crippen LogP) is 3.92. The van der Waals surface area contributed by atoms with E-state index in [2.05, 4.69) is 0 Å². The van der Waals surface area contributed by atoms with Crippen LogP contribution in [-0.4, -0.2) is 132 Å². The Kier molecular flexibility index (Phi) is 13.3. The van der Waals surface area contributed by atoms with Crippen LogP contribution in [0.3, 0.4) is 0 Å². The minimum Gasteiger partial charge on any atom is -0.459 e. The number of likely N-dealkylation sites (N-methyl/N-ethyl adjacent to an activating group) is 1. The van der Waals surface area contributed by atoms with Gasteiger partial charge in [0.2, 0.25) is 0 Å². The van der Waals surface area contributed by atoms with Crippen LogP contribution in [0.1, 0.15) is 94.9 Å². The zero-order chi connectivity index (χ0) is 39.1. The van der Waals surface area contributed by atoms with Crippen molar-refractivity contribution in [1.82, 2.24) is 4.90 Å². The molecule has 52 heavy (non-hydrogen) atoms. The summed E-state index contributed by atoms with van der Waals surface area (Å²) >= 11 is 0. The van der Waals surface area contributed by atoms with Crippen molar-refractivity contribution < 1.29 is 62.5 Å². The van der Waals surface area contributed by atoms with Gasteiger partial charge in [0.15, 0.2) is 24.5 Å². The zero-order valence-electron chi connectivity index (χ0n) is 33.2. The van der Waals surface area contributed by atoms with Crippen LogP contribution < -0.4 is 0 Å². The molecule has 4 heterocycles. The molecule has 0 aromatic rings. The van der Waals surface area contributed by atoms with Gasteiger partial charge in [0, 0.05) is 39.5 Å². The van der Waals surface area contributed by atoms with Gasteiger partial charge >= 0.3 is 12.1 Å². The van der Waals surface area contributed by atoms with Crippen molar-refractivity contribution in [3.63, 3.8) is 0 Å². The third-order valence-electron chi connectivity index (χ3n) is 11.9. The second-order valence-electron chi connectivity index (χ2n) is 16.2. The van der Waals surface area contributed by atoms with E-state index in [1.165, 1.54) is 27.2 Å². The summed E-state index contributed by atoms with van der Waals surface area (Å²) in [6, 6.07) is -0.299. The summed E-state index contributed by atoms with van der Waals surface area (Å²) in [5.74, 6) is -3.10. The van der Waals surface area contributed by atoms with E-state index >= 15 is 0 Å². The number of allylic oxidation sites excluding steroid dienone is 1. The van der Waals surface area contributed by atoms with Crippen LogP contribution in [0.25, 0.3) is 0 Å². The lowest BCUT2D eigenvalue weighted by molar-refractivity contribution is -0.315. The van der Waals surface area contributed by atoms with Gasteiger partial charge in [-0.1, -0.05) is 20.8 Å². The smallest absolute Gasteiger partial charge is 0.410 e. The van der Waals surface area contributed by atoms with Crippen LogP contribution in [0.5, 0.6) is 0 Å². The highest BCUT2D eigenvalue weighted by molar-refractivity contribution is 5.96. The van der Waals surface area contributed by atoms with Crippen LogP contribution in [0, 0.1) is 17.8 Å². The summed E-state index contributed by atoms with van der Waals surface area (Å²) in [5.41, 5.74) is -3.55. The van der Waals surface area contributed by atoms with E-state index in [-0.39, 0.29) is 37.2 Å². The van der Waals surface area contributed by atoms with Gasteiger partial charge in [-0.15, -0.1) is 0 Å². The topological polar surface area (TPSA) is 169 Å². The maximum atomic E-state index is 14.2. The maximum absolute atomic E-state index is 14.2. The molecule has 0 radical (unpaired) electrons. The zero-order valence-corrected chi connectivity index (χ0v) is 33.2. The number of Topliss-reactive ketones (excluding diaryl/α,β-unsaturated/α-hetero) is 1. The van der Waals surface area contributed by atoms with E-state index in [0.29, 0.717) is 12.0 Å². The molecule has 14 nitrogen and oxygen atoms in total. The van der Waals surface area contributed by atoms with Gasteiger partial charge in [-0.3, -0.25) is 9.59 Å². The van der Waals surface area contributed by atoms with Crippen LogP contribution in [0.15, 0.2) is 11.6 Å². The standard InChI is InChI=1S/C38H63NO13/c1-14-26-36(8,44)16-19(2)28(40)20(3)17-38(10,46-13)32(52-34-30-25(15-21(4)47-34)39(11)35(43)51-30)22(5)29(23(6)33(42)49-26)50-27-18-37(9,45-12)31(41)24(7)48-27/h16,20-27,29-32,34,41,44H,14-15,17-18H2,1-13H3/b19-16+/t20-,21-,22+,23-,24+,25+,26-,27+,29+,30-,31+,32-,34+,36+,37-,38-/m1/s1. The Labute approximate surface area is 308 Å². The van der Waals surface area contributed by atoms with E-state index in [1.807, 2.05) is 20.8 Å². The Balaban J connectivity index is 1.86. The number of cyclic esters (lactones) is 1. The highest BCUT2D eigenvalue weighted by Crippen LogP contribution is 2.42. The van der Waals surface area contributed by atoms with Crippen molar-refractivity contribution >= 4 is 17.8 Å². The summed E-state index contributed by atoms with van der Waals surface area (Å²) in [7, 11) is 4.73. The number of ether oxygens (including phenoxy) is 8. The second kappa shape index (κ2) is 16.3. The number of esters is 1. The Morgan fingerprint density at radius 1 is 0.942 bits per heavy atom. The van der Waals surface area contributed by atoms with Crippen molar-refractivity contribution in [2.75, 3.05) is 21.3 Å². The lowest BCUT2D eigenvalue weighted by Crippen LogP contribution is -2.60. The number of fused-ring (bicyclic) bond motifs is 1. The van der Waals surface area contributed by atoms with Crippen molar-refractivity contribution in [1.29, 1.82) is 0 Å². The highest BCUT2D eigenvalue weighted by Gasteiger charge is 2.55. The normalized spacial score (nSPS) is 47.9. The monoisotopic (exact) mass is 741 g/mol. The molecule has 0 unspecified atom stereocenters. The first-order valence-electron chi connectivity index (χ1n) is 18.6. The highest BCUT2D eigenvalue weighted by atomic mass is 16.7. The molecule has 0 aliphatic carbocycles. The van der Waals surface area contributed by atoms with Gasteiger partial charge in [-0.05, 0) is 79.4 Å². The van der Waals surface area contributed by atoms with Gasteiger partial charge in [0.05, 0.1) is 47.6 Å². The lowest BCUT2D eigenvalue weighted by Gasteiger charge is -2.49. The van der Waals surface area contributed by atoms with Crippen LogP contribution in [0.2, 0.25) is 0 Å².